The zero-order chi connectivity index (χ0) is 23.1. The minimum atomic E-state index is -3.69. The van der Waals surface area contributed by atoms with Crippen LogP contribution in [-0.2, 0) is 19.6 Å². The van der Waals surface area contributed by atoms with E-state index in [2.05, 4.69) is 16.3 Å². The van der Waals surface area contributed by atoms with Crippen LogP contribution in [0.4, 0.5) is 5.13 Å². The number of benzene rings is 1. The number of hydrogen-bond acceptors (Lipinski definition) is 7. The van der Waals surface area contributed by atoms with Gasteiger partial charge in [0.15, 0.2) is 11.2 Å². The van der Waals surface area contributed by atoms with Gasteiger partial charge in [0.25, 0.3) is 5.91 Å². The van der Waals surface area contributed by atoms with Crippen LogP contribution in [0.1, 0.15) is 49.4 Å². The van der Waals surface area contributed by atoms with Crippen molar-refractivity contribution >= 4 is 38.4 Å². The van der Waals surface area contributed by atoms with E-state index in [0.29, 0.717) is 5.13 Å². The molecule has 1 fully saturated rings. The number of esters is 1. The maximum absolute atomic E-state index is 13.2. The van der Waals surface area contributed by atoms with Crippen LogP contribution < -0.4 is 9.62 Å². The van der Waals surface area contributed by atoms with Gasteiger partial charge in [-0.3, -0.25) is 9.69 Å². The molecule has 1 N–H and O–H groups in total. The molecule has 3 rings (SSSR count). The number of carbonyl (C=O) groups excluding carboxylic acids is 2. The van der Waals surface area contributed by atoms with E-state index in [-0.39, 0.29) is 29.0 Å². The average molecular weight is 478 g/mol. The number of sulfonamides is 1. The molecule has 10 heteroatoms. The molecule has 1 amide bonds. The highest BCUT2D eigenvalue weighted by molar-refractivity contribution is 7.89. The third-order valence-corrected chi connectivity index (χ3v) is 7.46. The SMILES string of the molecule is C=CCNS(=O)(=O)c1ccc(C(=O)OC(C)C(=O)N(c2nccs2)C2CCCCC2)cc1. The predicted octanol–water partition coefficient (Wildman–Crippen LogP) is 3.52. The molecule has 1 saturated carbocycles. The molecule has 0 saturated heterocycles. The third-order valence-electron chi connectivity index (χ3n) is 5.25. The van der Waals surface area contributed by atoms with Crippen molar-refractivity contribution < 1.29 is 22.7 Å². The Balaban J connectivity index is 1.69. The molecule has 0 radical (unpaired) electrons. The summed E-state index contributed by atoms with van der Waals surface area (Å²) in [6.07, 6.45) is 7.10. The van der Waals surface area contributed by atoms with Gasteiger partial charge in [0.1, 0.15) is 0 Å². The maximum Gasteiger partial charge on any atom is 0.338 e. The number of nitrogens with one attached hydrogen (secondary N) is 1. The van der Waals surface area contributed by atoms with E-state index in [0.717, 1.165) is 32.1 Å². The Hall–Kier alpha value is -2.56. The fourth-order valence-corrected chi connectivity index (χ4v) is 5.32. The van der Waals surface area contributed by atoms with Crippen molar-refractivity contribution in [1.82, 2.24) is 9.71 Å². The highest BCUT2D eigenvalue weighted by Crippen LogP contribution is 2.29. The second-order valence-electron chi connectivity index (χ2n) is 7.53. The predicted molar refractivity (Wildman–Crippen MR) is 123 cm³/mol. The number of anilines is 1. The first-order chi connectivity index (χ1) is 15.3. The molecule has 32 heavy (non-hydrogen) atoms. The van der Waals surface area contributed by atoms with Crippen LogP contribution in [0.15, 0.2) is 53.4 Å². The van der Waals surface area contributed by atoms with E-state index in [9.17, 15) is 18.0 Å². The van der Waals surface area contributed by atoms with Crippen LogP contribution in [-0.4, -0.2) is 44.0 Å². The monoisotopic (exact) mass is 477 g/mol. The number of rotatable bonds is 9. The van der Waals surface area contributed by atoms with Gasteiger partial charge in [0.05, 0.1) is 10.5 Å². The summed E-state index contributed by atoms with van der Waals surface area (Å²) in [7, 11) is -3.69. The molecule has 172 valence electrons. The number of carbonyl (C=O) groups is 2. The van der Waals surface area contributed by atoms with Gasteiger partial charge in [-0.1, -0.05) is 25.3 Å². The van der Waals surface area contributed by atoms with Crippen LogP contribution in [0.5, 0.6) is 0 Å². The molecule has 1 heterocycles. The molecule has 1 aromatic carbocycles. The molecule has 1 aliphatic carbocycles. The van der Waals surface area contributed by atoms with Crippen LogP contribution in [0, 0.1) is 0 Å². The van der Waals surface area contributed by atoms with Gasteiger partial charge in [-0.05, 0) is 44.0 Å². The molecule has 1 unspecified atom stereocenters. The Labute approximate surface area is 192 Å². The van der Waals surface area contributed by atoms with Crippen molar-refractivity contribution in [2.24, 2.45) is 0 Å². The Bertz CT molecular complexity index is 1030. The summed E-state index contributed by atoms with van der Waals surface area (Å²) in [6, 6.07) is 5.40. The van der Waals surface area contributed by atoms with Crippen molar-refractivity contribution in [3.05, 3.63) is 54.1 Å². The van der Waals surface area contributed by atoms with Crippen LogP contribution in [0.25, 0.3) is 0 Å². The van der Waals surface area contributed by atoms with Gasteiger partial charge in [0, 0.05) is 24.2 Å². The lowest BCUT2D eigenvalue weighted by atomic mass is 9.94. The number of ether oxygens (including phenoxy) is 1. The first-order valence-electron chi connectivity index (χ1n) is 10.5. The van der Waals surface area contributed by atoms with Crippen molar-refractivity contribution in [3.63, 3.8) is 0 Å². The van der Waals surface area contributed by atoms with E-state index < -0.39 is 22.1 Å². The van der Waals surface area contributed by atoms with E-state index in [4.69, 9.17) is 4.74 Å². The highest BCUT2D eigenvalue weighted by atomic mass is 32.2. The van der Waals surface area contributed by atoms with Crippen molar-refractivity contribution in [2.45, 2.75) is 56.1 Å². The lowest BCUT2D eigenvalue weighted by Crippen LogP contribution is -2.47. The van der Waals surface area contributed by atoms with Crippen molar-refractivity contribution in [1.29, 1.82) is 0 Å². The Morgan fingerprint density at radius 3 is 2.56 bits per heavy atom. The van der Waals surface area contributed by atoms with E-state index in [1.54, 1.807) is 18.0 Å². The standard InChI is InChI=1S/C22H27N3O5S2/c1-3-13-24-32(28,29)19-11-9-17(10-12-19)21(27)30-16(2)20(26)25(22-23-14-15-31-22)18-7-5-4-6-8-18/h3,9-12,14-16,18,24H,1,4-8,13H2,2H3. The van der Waals surface area contributed by atoms with Crippen molar-refractivity contribution in [2.75, 3.05) is 11.4 Å². The Kier molecular flexibility index (Phi) is 8.16. The summed E-state index contributed by atoms with van der Waals surface area (Å²) in [6.45, 7) is 5.12. The molecule has 1 atom stereocenters. The normalized spacial score (nSPS) is 15.7. The quantitative estimate of drug-likeness (QED) is 0.438. The summed E-state index contributed by atoms with van der Waals surface area (Å²) in [4.78, 5) is 31.8. The molecular formula is C22H27N3O5S2. The zero-order valence-electron chi connectivity index (χ0n) is 17.9. The zero-order valence-corrected chi connectivity index (χ0v) is 19.5. The van der Waals surface area contributed by atoms with Gasteiger partial charge < -0.3 is 4.74 Å². The Morgan fingerprint density at radius 2 is 1.97 bits per heavy atom. The molecular weight excluding hydrogens is 450 g/mol. The number of aromatic nitrogens is 1. The lowest BCUT2D eigenvalue weighted by molar-refractivity contribution is -0.127. The van der Waals surface area contributed by atoms with Gasteiger partial charge in [-0.2, -0.15) is 0 Å². The third kappa shape index (κ3) is 5.81. The molecule has 0 aliphatic heterocycles. The first-order valence-corrected chi connectivity index (χ1v) is 12.8. The van der Waals surface area contributed by atoms with Gasteiger partial charge in [0.2, 0.25) is 10.0 Å². The second-order valence-corrected chi connectivity index (χ2v) is 10.2. The van der Waals surface area contributed by atoms with Gasteiger partial charge in [-0.15, -0.1) is 17.9 Å². The second kappa shape index (κ2) is 10.8. The topological polar surface area (TPSA) is 106 Å². The summed E-state index contributed by atoms with van der Waals surface area (Å²) < 4.78 is 32.1. The molecule has 2 aromatic rings. The smallest absolute Gasteiger partial charge is 0.338 e. The van der Waals surface area contributed by atoms with E-state index >= 15 is 0 Å². The van der Waals surface area contributed by atoms with E-state index in [1.807, 2.05) is 5.38 Å². The summed E-state index contributed by atoms with van der Waals surface area (Å²) in [5, 5.41) is 2.42. The summed E-state index contributed by atoms with van der Waals surface area (Å²) in [5.74, 6) is -1.01. The van der Waals surface area contributed by atoms with Gasteiger partial charge >= 0.3 is 5.97 Å². The number of thiazole rings is 1. The number of nitrogens with zero attached hydrogens (tertiary/aromatic N) is 2. The highest BCUT2D eigenvalue weighted by Gasteiger charge is 2.33. The van der Waals surface area contributed by atoms with Crippen LogP contribution in [0.2, 0.25) is 0 Å². The molecule has 0 spiro atoms. The first kappa shape index (κ1) is 24.1. The average Bonchev–Trinajstić information content (AvgIpc) is 3.33. The summed E-state index contributed by atoms with van der Waals surface area (Å²) >= 11 is 1.38. The molecule has 1 aromatic heterocycles. The van der Waals surface area contributed by atoms with E-state index in [1.165, 1.54) is 41.7 Å². The van der Waals surface area contributed by atoms with Gasteiger partial charge in [-0.25, -0.2) is 22.9 Å². The molecule has 1 aliphatic rings. The molecule has 0 bridgehead atoms. The minimum absolute atomic E-state index is 0.0206. The minimum Gasteiger partial charge on any atom is -0.449 e. The number of amides is 1. The largest absolute Gasteiger partial charge is 0.449 e. The fourth-order valence-electron chi connectivity index (χ4n) is 3.60. The molecule has 8 nitrogen and oxygen atoms in total. The Morgan fingerprint density at radius 1 is 1.28 bits per heavy atom. The van der Waals surface area contributed by atoms with Crippen LogP contribution in [0.3, 0.4) is 0 Å². The van der Waals surface area contributed by atoms with Crippen LogP contribution >= 0.6 is 11.3 Å². The number of hydrogen-bond donors (Lipinski definition) is 1. The maximum atomic E-state index is 13.2. The fraction of sp³-hybridized carbons (Fsp3) is 0.409. The lowest BCUT2D eigenvalue weighted by Gasteiger charge is -2.33. The van der Waals surface area contributed by atoms with Crippen molar-refractivity contribution in [3.8, 4) is 0 Å². The summed E-state index contributed by atoms with van der Waals surface area (Å²) in [5.41, 5.74) is 0.158.